The van der Waals surface area contributed by atoms with Crippen molar-refractivity contribution >= 4 is 17.7 Å². The third kappa shape index (κ3) is 8.54. The Morgan fingerprint density at radius 1 is 1.02 bits per heavy atom. The Morgan fingerprint density at radius 2 is 1.73 bits per heavy atom. The van der Waals surface area contributed by atoms with Crippen molar-refractivity contribution in [1.29, 1.82) is 0 Å². The second kappa shape index (κ2) is 15.5. The molecule has 11 heteroatoms. The standard InChI is InChI=1S/C37H40F4N4O2S/c1-4-43(5-2)19-20-44(22-27-11-18-31(25(3)21-27)28-12-14-29(15-13-28)37(39,40)41)34(46)23-45-33-8-6-7-32(33)35(47)42-36(45)48-24-26-9-16-30(38)17-10-26/h9-18,21H,4-8,19-20,22-24H2,1-3H3/i4D2,5D2,11D,18D,19D2,20D2,21D,22D2. The van der Waals surface area contributed by atoms with E-state index in [-0.39, 0.29) is 61.5 Å². The topological polar surface area (TPSA) is 58.4 Å². The zero-order chi connectivity index (χ0) is 46.0. The molecule has 0 radical (unpaired) electrons. The van der Waals surface area contributed by atoms with Crippen LogP contribution in [-0.2, 0) is 42.6 Å². The summed E-state index contributed by atoms with van der Waals surface area (Å²) < 4.78 is 170. The maximum Gasteiger partial charge on any atom is 0.416 e. The molecule has 0 unspecified atom stereocenters. The number of fused-ring (bicyclic) bond motifs is 1. The van der Waals surface area contributed by atoms with Crippen molar-refractivity contribution in [2.24, 2.45) is 0 Å². The summed E-state index contributed by atoms with van der Waals surface area (Å²) in [6, 6.07) is 5.79. The van der Waals surface area contributed by atoms with Crippen LogP contribution in [0.15, 0.2) is 76.6 Å². The maximum absolute atomic E-state index is 14.9. The Morgan fingerprint density at radius 3 is 2.40 bits per heavy atom. The van der Waals surface area contributed by atoms with E-state index < -0.39 is 91.7 Å². The summed E-state index contributed by atoms with van der Waals surface area (Å²) in [5.74, 6) is -2.05. The zero-order valence-electron chi connectivity index (χ0n) is 39.2. The fourth-order valence-corrected chi connectivity index (χ4v) is 6.02. The molecule has 0 fully saturated rings. The summed E-state index contributed by atoms with van der Waals surface area (Å²) in [5.41, 5.74) is -2.40. The van der Waals surface area contributed by atoms with Gasteiger partial charge in [-0.05, 0) is 91.3 Å². The van der Waals surface area contributed by atoms with Crippen molar-refractivity contribution in [3.8, 4) is 11.1 Å². The number of halogens is 4. The monoisotopic (exact) mass is 693 g/mol. The molecule has 0 atom stereocenters. The molecule has 0 bridgehead atoms. The largest absolute Gasteiger partial charge is 0.416 e. The van der Waals surface area contributed by atoms with Crippen molar-refractivity contribution in [1.82, 2.24) is 19.4 Å². The Balaban J connectivity index is 1.74. The number of carbonyl (C=O) groups is 1. The third-order valence-corrected chi connectivity index (χ3v) is 8.52. The molecule has 0 aliphatic heterocycles. The van der Waals surface area contributed by atoms with Gasteiger partial charge in [0.15, 0.2) is 5.16 Å². The van der Waals surface area contributed by atoms with Gasteiger partial charge in [-0.2, -0.15) is 18.2 Å². The lowest BCUT2D eigenvalue weighted by Crippen LogP contribution is -2.40. The van der Waals surface area contributed by atoms with Gasteiger partial charge in [-0.3, -0.25) is 9.59 Å². The number of thioether (sulfide) groups is 1. The molecule has 48 heavy (non-hydrogen) atoms. The first kappa shape index (κ1) is 21.9. The van der Waals surface area contributed by atoms with E-state index in [0.717, 1.165) is 23.9 Å². The average Bonchev–Trinajstić information content (AvgIpc) is 3.61. The summed E-state index contributed by atoms with van der Waals surface area (Å²) in [4.78, 5) is 31.7. The normalized spacial score (nSPS) is 18.3. The summed E-state index contributed by atoms with van der Waals surface area (Å²) in [7, 11) is 0. The van der Waals surface area contributed by atoms with Gasteiger partial charge in [-0.1, -0.05) is 68.0 Å². The molecule has 1 aliphatic rings. The van der Waals surface area contributed by atoms with E-state index in [0.29, 0.717) is 38.0 Å². The van der Waals surface area contributed by atoms with Gasteiger partial charge in [0.1, 0.15) is 12.4 Å². The molecule has 254 valence electrons. The van der Waals surface area contributed by atoms with Crippen LogP contribution in [0.5, 0.6) is 0 Å². The van der Waals surface area contributed by atoms with Crippen LogP contribution >= 0.6 is 11.8 Å². The van der Waals surface area contributed by atoms with Crippen molar-refractivity contribution in [2.75, 3.05) is 26.0 Å². The molecule has 1 aromatic heterocycles. The van der Waals surface area contributed by atoms with Gasteiger partial charge < -0.3 is 14.4 Å². The summed E-state index contributed by atoms with van der Waals surface area (Å²) in [6.07, 6.45) is -3.87. The van der Waals surface area contributed by atoms with Crippen LogP contribution in [0.3, 0.4) is 0 Å². The quantitative estimate of drug-likeness (QED) is 0.0824. The van der Waals surface area contributed by atoms with Crippen LogP contribution in [0.2, 0.25) is 0 Å². The lowest BCUT2D eigenvalue weighted by Gasteiger charge is -2.28. The van der Waals surface area contributed by atoms with Crippen molar-refractivity contribution < 1.29 is 40.2 Å². The molecular weight excluding hydrogens is 640 g/mol. The van der Waals surface area contributed by atoms with Crippen molar-refractivity contribution in [3.63, 3.8) is 0 Å². The second-order valence-corrected chi connectivity index (χ2v) is 11.6. The molecule has 1 heterocycles. The number of amides is 1. The summed E-state index contributed by atoms with van der Waals surface area (Å²) in [5, 5.41) is -0.114. The minimum absolute atomic E-state index is 0.0690. The molecule has 6 nitrogen and oxygen atoms in total. The van der Waals surface area contributed by atoms with Crippen molar-refractivity contribution in [2.45, 2.75) is 70.2 Å². The number of likely N-dealkylation sites (N-methyl/N-ethyl adjacent to an activating group) is 1. The molecule has 1 amide bonds. The van der Waals surface area contributed by atoms with E-state index in [1.807, 2.05) is 0 Å². The van der Waals surface area contributed by atoms with E-state index in [2.05, 4.69) is 4.98 Å². The highest BCUT2D eigenvalue weighted by Gasteiger charge is 2.30. The highest BCUT2D eigenvalue weighted by Crippen LogP contribution is 2.32. The third-order valence-electron chi connectivity index (χ3n) is 7.47. The molecule has 0 saturated carbocycles. The molecule has 1 aliphatic carbocycles. The predicted octanol–water partition coefficient (Wildman–Crippen LogP) is 7.53. The Labute approximate surface area is 301 Å². The second-order valence-electron chi connectivity index (χ2n) is 10.7. The average molecular weight is 694 g/mol. The number of aromatic nitrogens is 2. The Bertz CT molecular complexity index is 2340. The number of rotatable bonds is 13. The molecule has 5 rings (SSSR count). The summed E-state index contributed by atoms with van der Waals surface area (Å²) >= 11 is 0.921. The lowest BCUT2D eigenvalue weighted by atomic mass is 9.97. The molecule has 0 N–H and O–H groups in total. The van der Waals surface area contributed by atoms with Gasteiger partial charge in [0.2, 0.25) is 5.91 Å². The summed E-state index contributed by atoms with van der Waals surface area (Å²) in [6.45, 7) is -16.4. The number of alkyl halides is 3. The van der Waals surface area contributed by atoms with E-state index in [4.69, 9.17) is 12.3 Å². The molecule has 3 aromatic carbocycles. The molecule has 0 spiro atoms. The van der Waals surface area contributed by atoms with Gasteiger partial charge >= 0.3 is 6.18 Å². The molecular formula is C37H40F4N4O2S. The predicted molar refractivity (Wildman–Crippen MR) is 181 cm³/mol. The molecule has 0 saturated heterocycles. The van der Waals surface area contributed by atoms with Gasteiger partial charge in [-0.25, -0.2) is 4.39 Å². The first-order valence-corrected chi connectivity index (χ1v) is 15.8. The maximum atomic E-state index is 14.9. The highest BCUT2D eigenvalue weighted by atomic mass is 32.2. The number of hydrogen-bond donors (Lipinski definition) is 0. The Hall–Kier alpha value is -3.96. The van der Waals surface area contributed by atoms with Crippen LogP contribution in [0, 0.1) is 12.7 Å². The van der Waals surface area contributed by atoms with Crippen LogP contribution in [-0.4, -0.2) is 51.2 Å². The van der Waals surface area contributed by atoms with Crippen LogP contribution in [0.4, 0.5) is 17.6 Å². The van der Waals surface area contributed by atoms with Crippen LogP contribution in [0.25, 0.3) is 11.1 Å². The van der Waals surface area contributed by atoms with Gasteiger partial charge in [-0.15, -0.1) is 0 Å². The first-order chi connectivity index (χ1) is 27.8. The van der Waals surface area contributed by atoms with E-state index in [1.54, 1.807) is 0 Å². The number of hydrogen-bond acceptors (Lipinski definition) is 5. The van der Waals surface area contributed by atoms with Gasteiger partial charge in [0.25, 0.3) is 5.56 Å². The highest BCUT2D eigenvalue weighted by molar-refractivity contribution is 7.98. The van der Waals surface area contributed by atoms with Crippen molar-refractivity contribution in [3.05, 3.63) is 116 Å². The minimum atomic E-state index is -4.73. The minimum Gasteiger partial charge on any atom is -0.336 e. The number of carbonyl (C=O) groups excluding carboxylic acids is 1. The van der Waals surface area contributed by atoms with Crippen LogP contribution < -0.4 is 5.56 Å². The fraction of sp³-hybridized carbons (Fsp3) is 0.378. The van der Waals surface area contributed by atoms with Crippen LogP contribution in [0.1, 0.15) is 71.6 Å². The smallest absolute Gasteiger partial charge is 0.336 e. The molecule has 4 aromatic rings. The van der Waals surface area contributed by atoms with Gasteiger partial charge in [0, 0.05) is 44.7 Å². The first-order valence-electron chi connectivity index (χ1n) is 21.3. The number of nitrogens with zero attached hydrogens (tertiary/aromatic N) is 4. The zero-order valence-corrected chi connectivity index (χ0v) is 27.0. The Kier molecular flexibility index (Phi) is 7.07. The van der Waals surface area contributed by atoms with Gasteiger partial charge in [0.05, 0.1) is 15.2 Å². The van der Waals surface area contributed by atoms with E-state index >= 15 is 0 Å². The van der Waals surface area contributed by atoms with E-state index in [9.17, 15) is 32.6 Å². The van der Waals surface area contributed by atoms with E-state index in [1.165, 1.54) is 35.8 Å². The number of benzene rings is 3. The lowest BCUT2D eigenvalue weighted by molar-refractivity contribution is -0.137. The fourth-order valence-electron chi connectivity index (χ4n) is 5.05. The SMILES string of the molecule is [2H]c1c([2H])c(C([2H])([2H])N(C(=O)Cn2c(SCc3ccc(F)cc3)nc(=O)c3c2CCC3)C([2H])([2H])C([2H])([2H])N(C([2H])([2H])C)C([2H])([2H])C)c([2H])c(C)c1-c1ccc(C(F)(F)F)cc1.